The third-order valence-corrected chi connectivity index (χ3v) is 4.97. The number of furan rings is 1. The summed E-state index contributed by atoms with van der Waals surface area (Å²) < 4.78 is 16.3. The topological polar surface area (TPSA) is 119 Å². The Kier molecular flexibility index (Phi) is 9.38. The fraction of sp³-hybridized carbons (Fsp3) is 0.120. The molecule has 0 fully saturated rings. The Bertz CT molecular complexity index is 1220. The van der Waals surface area contributed by atoms with Crippen LogP contribution in [0.1, 0.15) is 16.9 Å². The first-order valence-corrected chi connectivity index (χ1v) is 11.2. The summed E-state index contributed by atoms with van der Waals surface area (Å²) in [5.74, 6) is 0.0193. The Labute approximate surface area is 209 Å². The van der Waals surface area contributed by atoms with Gasteiger partial charge >= 0.3 is 5.97 Å². The molecular formula is C25H22BrN3O6. The molecule has 0 unspecified atom stereocenters. The fourth-order valence-electron chi connectivity index (χ4n) is 2.78. The molecule has 2 N–H and O–H groups in total. The first-order valence-electron chi connectivity index (χ1n) is 10.4. The van der Waals surface area contributed by atoms with Crippen molar-refractivity contribution in [3.05, 3.63) is 88.3 Å². The van der Waals surface area contributed by atoms with Crippen LogP contribution in [0.2, 0.25) is 0 Å². The van der Waals surface area contributed by atoms with Crippen LogP contribution in [0.3, 0.4) is 0 Å². The maximum atomic E-state index is 12.1. The lowest BCUT2D eigenvalue weighted by molar-refractivity contribution is -0.129. The van der Waals surface area contributed by atoms with Gasteiger partial charge in [-0.15, -0.1) is 0 Å². The van der Waals surface area contributed by atoms with Gasteiger partial charge in [0.2, 0.25) is 5.91 Å². The Morgan fingerprint density at radius 1 is 1.09 bits per heavy atom. The van der Waals surface area contributed by atoms with Crippen molar-refractivity contribution in [2.75, 3.05) is 13.7 Å². The Morgan fingerprint density at radius 2 is 1.89 bits per heavy atom. The second kappa shape index (κ2) is 12.9. The Balaban J connectivity index is 1.49. The molecule has 0 aliphatic rings. The number of nitrogens with one attached hydrogen (secondary N) is 2. The number of hydrogen-bond acceptors (Lipinski definition) is 7. The Morgan fingerprint density at radius 3 is 2.60 bits per heavy atom. The first kappa shape index (κ1) is 25.4. The van der Waals surface area contributed by atoms with Gasteiger partial charge in [0, 0.05) is 16.1 Å². The van der Waals surface area contributed by atoms with E-state index in [2.05, 4.69) is 31.8 Å². The minimum atomic E-state index is -0.609. The standard InChI is InChI=1S/C25H22BrN3O6/c1-33-20-7-4-17(5-8-20)13-23(30)27-16-24(31)29-28-15-18-14-19(26)6-10-22(18)35-25(32)11-9-21-3-2-12-34-21/h2-12,14-15H,13,16H2,1H3,(H,27,30)(H,29,31)/b11-9+,28-15-. The number of halogens is 1. The lowest BCUT2D eigenvalue weighted by atomic mass is 10.1. The highest BCUT2D eigenvalue weighted by Crippen LogP contribution is 2.22. The third kappa shape index (κ3) is 8.59. The van der Waals surface area contributed by atoms with Crippen LogP contribution in [0.5, 0.6) is 11.5 Å². The van der Waals surface area contributed by atoms with Crippen LogP contribution in [0.25, 0.3) is 6.08 Å². The third-order valence-electron chi connectivity index (χ3n) is 4.47. The van der Waals surface area contributed by atoms with Crippen molar-refractivity contribution in [1.29, 1.82) is 0 Å². The van der Waals surface area contributed by atoms with E-state index < -0.39 is 11.9 Å². The second-order valence-electron chi connectivity index (χ2n) is 7.05. The fourth-order valence-corrected chi connectivity index (χ4v) is 3.15. The van der Waals surface area contributed by atoms with Gasteiger partial charge in [0.1, 0.15) is 17.3 Å². The van der Waals surface area contributed by atoms with Crippen molar-refractivity contribution >= 4 is 46.0 Å². The number of carbonyl (C=O) groups is 3. The SMILES string of the molecule is COc1ccc(CC(=O)NCC(=O)N/N=C\c2cc(Br)ccc2OC(=O)/C=C/c2ccco2)cc1. The molecule has 0 atom stereocenters. The van der Waals surface area contributed by atoms with Gasteiger partial charge in [-0.25, -0.2) is 10.2 Å². The molecule has 9 nitrogen and oxygen atoms in total. The predicted octanol–water partition coefficient (Wildman–Crippen LogP) is 3.48. The largest absolute Gasteiger partial charge is 0.497 e. The first-order chi connectivity index (χ1) is 16.9. The van der Waals surface area contributed by atoms with Gasteiger partial charge in [0.15, 0.2) is 0 Å². The highest BCUT2D eigenvalue weighted by atomic mass is 79.9. The van der Waals surface area contributed by atoms with Gasteiger partial charge in [0.25, 0.3) is 5.91 Å². The highest BCUT2D eigenvalue weighted by molar-refractivity contribution is 9.10. The highest BCUT2D eigenvalue weighted by Gasteiger charge is 2.09. The molecule has 0 saturated carbocycles. The average molecular weight is 540 g/mol. The summed E-state index contributed by atoms with van der Waals surface area (Å²) in [7, 11) is 1.56. The van der Waals surface area contributed by atoms with Crippen LogP contribution < -0.4 is 20.2 Å². The number of ether oxygens (including phenoxy) is 2. The minimum absolute atomic E-state index is 0.127. The summed E-state index contributed by atoms with van der Waals surface area (Å²) in [5.41, 5.74) is 3.56. The summed E-state index contributed by atoms with van der Waals surface area (Å²) in [6.07, 6.45) is 5.67. The second-order valence-corrected chi connectivity index (χ2v) is 7.96. The molecule has 0 spiro atoms. The number of nitrogens with zero attached hydrogens (tertiary/aromatic N) is 1. The predicted molar refractivity (Wildman–Crippen MR) is 133 cm³/mol. The van der Waals surface area contributed by atoms with Gasteiger partial charge in [-0.05, 0) is 54.1 Å². The number of hydrazone groups is 1. The number of carbonyl (C=O) groups excluding carboxylic acids is 3. The van der Waals surface area contributed by atoms with Crippen molar-refractivity contribution < 1.29 is 28.3 Å². The molecular weight excluding hydrogens is 518 g/mol. The molecule has 0 saturated heterocycles. The lowest BCUT2D eigenvalue weighted by Crippen LogP contribution is -2.35. The van der Waals surface area contributed by atoms with Crippen molar-refractivity contribution in [1.82, 2.24) is 10.7 Å². The zero-order chi connectivity index (χ0) is 25.0. The number of methoxy groups -OCH3 is 1. The Hall–Kier alpha value is -4.18. The van der Waals surface area contributed by atoms with E-state index >= 15 is 0 Å². The molecule has 0 bridgehead atoms. The zero-order valence-corrected chi connectivity index (χ0v) is 20.3. The monoisotopic (exact) mass is 539 g/mol. The molecule has 2 aromatic carbocycles. The van der Waals surface area contributed by atoms with Crippen LogP contribution in [-0.2, 0) is 20.8 Å². The van der Waals surface area contributed by atoms with Crippen molar-refractivity contribution in [3.63, 3.8) is 0 Å². The van der Waals surface area contributed by atoms with Gasteiger partial charge in [-0.1, -0.05) is 28.1 Å². The molecule has 180 valence electrons. The molecule has 0 aliphatic heterocycles. The van der Waals surface area contributed by atoms with Crippen LogP contribution in [0, 0.1) is 0 Å². The van der Waals surface area contributed by atoms with Crippen LogP contribution in [0.4, 0.5) is 0 Å². The molecule has 10 heteroatoms. The molecule has 0 aliphatic carbocycles. The maximum Gasteiger partial charge on any atom is 0.336 e. The van der Waals surface area contributed by atoms with E-state index in [1.165, 1.54) is 24.6 Å². The normalized spacial score (nSPS) is 10.9. The van der Waals surface area contributed by atoms with E-state index in [4.69, 9.17) is 13.9 Å². The number of rotatable bonds is 10. The molecule has 2 amide bonds. The average Bonchev–Trinajstić information content (AvgIpc) is 3.37. The van der Waals surface area contributed by atoms with Crippen molar-refractivity contribution in [2.24, 2.45) is 5.10 Å². The van der Waals surface area contributed by atoms with E-state index in [1.807, 2.05) is 0 Å². The van der Waals surface area contributed by atoms with Gasteiger partial charge < -0.3 is 19.2 Å². The van der Waals surface area contributed by atoms with E-state index in [0.29, 0.717) is 17.1 Å². The molecule has 3 aromatic rings. The summed E-state index contributed by atoms with van der Waals surface area (Å²) in [4.78, 5) is 36.2. The quantitative estimate of drug-likeness (QED) is 0.134. The van der Waals surface area contributed by atoms with Gasteiger partial charge in [0.05, 0.1) is 32.6 Å². The van der Waals surface area contributed by atoms with Crippen LogP contribution in [0.15, 0.2) is 80.9 Å². The number of benzene rings is 2. The molecule has 1 heterocycles. The zero-order valence-electron chi connectivity index (χ0n) is 18.7. The molecule has 35 heavy (non-hydrogen) atoms. The summed E-state index contributed by atoms with van der Waals surface area (Å²) >= 11 is 3.35. The summed E-state index contributed by atoms with van der Waals surface area (Å²) in [5, 5.41) is 6.42. The molecule has 1 aromatic heterocycles. The number of hydrogen-bond donors (Lipinski definition) is 2. The summed E-state index contributed by atoms with van der Waals surface area (Å²) in [6.45, 7) is -0.246. The van der Waals surface area contributed by atoms with Crippen LogP contribution in [-0.4, -0.2) is 37.7 Å². The van der Waals surface area contributed by atoms with E-state index in [9.17, 15) is 14.4 Å². The van der Waals surface area contributed by atoms with Crippen molar-refractivity contribution in [2.45, 2.75) is 6.42 Å². The van der Waals surface area contributed by atoms with E-state index in [0.717, 1.165) is 10.0 Å². The minimum Gasteiger partial charge on any atom is -0.497 e. The summed E-state index contributed by atoms with van der Waals surface area (Å²) in [6, 6.07) is 15.4. The lowest BCUT2D eigenvalue weighted by Gasteiger charge is -2.07. The number of amides is 2. The van der Waals surface area contributed by atoms with Gasteiger partial charge in [-0.2, -0.15) is 5.10 Å². The van der Waals surface area contributed by atoms with E-state index in [-0.39, 0.29) is 24.6 Å². The number of esters is 1. The molecule has 3 rings (SSSR count). The smallest absolute Gasteiger partial charge is 0.336 e. The maximum absolute atomic E-state index is 12.1. The van der Waals surface area contributed by atoms with Gasteiger partial charge in [-0.3, -0.25) is 9.59 Å². The van der Waals surface area contributed by atoms with Crippen LogP contribution >= 0.6 is 15.9 Å². The molecule has 0 radical (unpaired) electrons. The van der Waals surface area contributed by atoms with E-state index in [1.54, 1.807) is 61.7 Å². The van der Waals surface area contributed by atoms with Crippen molar-refractivity contribution in [3.8, 4) is 11.5 Å².